The third-order valence-electron chi connectivity index (χ3n) is 10.9. The standard InChI is InChI=1S/C52H32N2O/c1-3-12-33(13-4-1)45-30-40(32-50-51(45)46-29-36-17-7-8-18-37(36)31-49(46)55-50)48-21-11-20-47(53-52(54-48)35-15-5-2-6-16-35)39-24-25-42-38(28-39)23-27-43-41-19-10-9-14-34(41)22-26-44(42)43/h1-19,22-32H,20H2/b53-47+,54-52-. The van der Waals surface area contributed by atoms with Crippen molar-refractivity contribution < 1.29 is 4.42 Å². The topological polar surface area (TPSA) is 37.9 Å². The first-order valence-electron chi connectivity index (χ1n) is 18.7. The number of rotatable bonds is 4. The van der Waals surface area contributed by atoms with Crippen molar-refractivity contribution >= 4 is 82.3 Å². The van der Waals surface area contributed by atoms with Gasteiger partial charge in [-0.1, -0.05) is 151 Å². The largest absolute Gasteiger partial charge is 0.456 e. The molecule has 0 bridgehead atoms. The van der Waals surface area contributed by atoms with E-state index in [1.54, 1.807) is 0 Å². The Labute approximate surface area is 317 Å². The van der Waals surface area contributed by atoms with E-state index in [1.807, 2.05) is 18.2 Å². The first-order valence-corrected chi connectivity index (χ1v) is 18.7. The second-order valence-electron chi connectivity index (χ2n) is 14.2. The van der Waals surface area contributed by atoms with Crippen LogP contribution in [0, 0.1) is 0 Å². The molecule has 256 valence electrons. The van der Waals surface area contributed by atoms with E-state index in [-0.39, 0.29) is 0 Å². The van der Waals surface area contributed by atoms with Crippen LogP contribution in [0.4, 0.5) is 0 Å². The van der Waals surface area contributed by atoms with E-state index in [0.29, 0.717) is 18.0 Å². The van der Waals surface area contributed by atoms with Gasteiger partial charge in [-0.15, -0.1) is 0 Å². The van der Waals surface area contributed by atoms with Crippen molar-refractivity contribution in [2.75, 3.05) is 0 Å². The van der Waals surface area contributed by atoms with E-state index in [1.165, 1.54) is 37.7 Å². The molecule has 9 aromatic carbocycles. The highest BCUT2D eigenvalue weighted by molar-refractivity contribution is 6.20. The predicted molar refractivity (Wildman–Crippen MR) is 231 cm³/mol. The normalized spacial score (nSPS) is 15.2. The van der Waals surface area contributed by atoms with E-state index in [0.717, 1.165) is 60.9 Å². The van der Waals surface area contributed by atoms with Crippen molar-refractivity contribution in [3.8, 4) is 11.1 Å². The zero-order valence-corrected chi connectivity index (χ0v) is 29.8. The highest BCUT2D eigenvalue weighted by Crippen LogP contribution is 2.41. The summed E-state index contributed by atoms with van der Waals surface area (Å²) in [5, 5.41) is 12.0. The van der Waals surface area contributed by atoms with Crippen molar-refractivity contribution in [1.29, 1.82) is 0 Å². The summed E-state index contributed by atoms with van der Waals surface area (Å²) in [6, 6.07) is 62.2. The molecule has 0 N–H and O–H groups in total. The maximum absolute atomic E-state index is 6.65. The van der Waals surface area contributed by atoms with Crippen LogP contribution in [0.15, 0.2) is 202 Å². The number of benzene rings is 9. The van der Waals surface area contributed by atoms with Gasteiger partial charge in [0.2, 0.25) is 0 Å². The van der Waals surface area contributed by atoms with Crippen LogP contribution in [0.3, 0.4) is 0 Å². The molecule has 1 aliphatic heterocycles. The molecule has 1 aliphatic rings. The molecule has 0 aliphatic carbocycles. The summed E-state index contributed by atoms with van der Waals surface area (Å²) in [4.78, 5) is 10.6. The molecule has 0 amide bonds. The molecule has 0 unspecified atom stereocenters. The Bertz CT molecular complexity index is 3310. The lowest BCUT2D eigenvalue weighted by molar-refractivity contribution is 0.669. The van der Waals surface area contributed by atoms with Crippen LogP contribution < -0.4 is 0 Å². The van der Waals surface area contributed by atoms with Crippen LogP contribution in [-0.4, -0.2) is 11.5 Å². The van der Waals surface area contributed by atoms with Gasteiger partial charge in [-0.3, -0.25) is 0 Å². The zero-order chi connectivity index (χ0) is 36.3. The van der Waals surface area contributed by atoms with E-state index in [2.05, 4.69) is 170 Å². The molecule has 0 saturated heterocycles. The predicted octanol–water partition coefficient (Wildman–Crippen LogP) is 13.7. The van der Waals surface area contributed by atoms with Crippen LogP contribution in [0.5, 0.6) is 0 Å². The van der Waals surface area contributed by atoms with Crippen LogP contribution in [0.1, 0.15) is 23.1 Å². The number of amidine groups is 1. The van der Waals surface area contributed by atoms with Gasteiger partial charge in [0, 0.05) is 28.3 Å². The van der Waals surface area contributed by atoms with Crippen LogP contribution >= 0.6 is 0 Å². The molecule has 0 fully saturated rings. The maximum Gasteiger partial charge on any atom is 0.160 e. The number of aliphatic imine (C=N–C) groups is 2. The summed E-state index contributed by atoms with van der Waals surface area (Å²) >= 11 is 0. The highest BCUT2D eigenvalue weighted by atomic mass is 16.3. The molecule has 2 heterocycles. The molecule has 10 aromatic rings. The fourth-order valence-electron chi connectivity index (χ4n) is 8.21. The van der Waals surface area contributed by atoms with Gasteiger partial charge in [0.15, 0.2) is 5.84 Å². The van der Waals surface area contributed by atoms with Crippen molar-refractivity contribution in [2.24, 2.45) is 9.98 Å². The number of fused-ring (bicyclic) bond motifs is 9. The number of furan rings is 1. The average molecular weight is 701 g/mol. The fourth-order valence-corrected chi connectivity index (χ4v) is 8.21. The minimum atomic E-state index is 0.601. The van der Waals surface area contributed by atoms with Crippen molar-refractivity contribution in [2.45, 2.75) is 6.42 Å². The second-order valence-corrected chi connectivity index (χ2v) is 14.2. The zero-order valence-electron chi connectivity index (χ0n) is 29.8. The van der Waals surface area contributed by atoms with Gasteiger partial charge in [0.25, 0.3) is 0 Å². The lowest BCUT2D eigenvalue weighted by Gasteiger charge is -2.13. The number of hydrogen-bond acceptors (Lipinski definition) is 3. The van der Waals surface area contributed by atoms with Crippen LogP contribution in [-0.2, 0) is 0 Å². The van der Waals surface area contributed by atoms with Gasteiger partial charge in [-0.25, -0.2) is 9.98 Å². The Hall–Kier alpha value is -7.32. The summed E-state index contributed by atoms with van der Waals surface area (Å²) in [6.07, 6.45) is 2.66. The molecule has 0 spiro atoms. The minimum absolute atomic E-state index is 0.601. The number of allylic oxidation sites excluding steroid dienone is 1. The lowest BCUT2D eigenvalue weighted by atomic mass is 9.94. The molecular formula is C52H32N2O. The third-order valence-corrected chi connectivity index (χ3v) is 10.9. The van der Waals surface area contributed by atoms with E-state index >= 15 is 0 Å². The molecular weight excluding hydrogens is 669 g/mol. The third kappa shape index (κ3) is 5.37. The highest BCUT2D eigenvalue weighted by Gasteiger charge is 2.19. The average Bonchev–Trinajstić information content (AvgIpc) is 3.60. The molecule has 1 aromatic heterocycles. The van der Waals surface area contributed by atoms with Gasteiger partial charge in [-0.05, 0) is 96.2 Å². The SMILES string of the molecule is C1=CC/C(c2ccc3c(ccc4c5ccccc5ccc34)c2)=N\C(c2ccccc2)=N/C=1c1cc(-c2ccccc2)c2c(c1)oc1cc3ccccc3cc12. The number of hydrogen-bond donors (Lipinski definition) is 0. The van der Waals surface area contributed by atoms with Crippen molar-refractivity contribution in [3.05, 3.63) is 204 Å². The smallest absolute Gasteiger partial charge is 0.160 e. The Balaban J connectivity index is 1.06. The summed E-state index contributed by atoms with van der Waals surface area (Å²) in [6.45, 7) is 0. The van der Waals surface area contributed by atoms with Crippen LogP contribution in [0.2, 0.25) is 0 Å². The molecule has 11 rings (SSSR count). The van der Waals surface area contributed by atoms with E-state index < -0.39 is 0 Å². The van der Waals surface area contributed by atoms with Gasteiger partial charge < -0.3 is 4.42 Å². The van der Waals surface area contributed by atoms with Gasteiger partial charge in [0.1, 0.15) is 16.9 Å². The van der Waals surface area contributed by atoms with Gasteiger partial charge in [-0.2, -0.15) is 0 Å². The van der Waals surface area contributed by atoms with Crippen LogP contribution in [0.25, 0.3) is 81.9 Å². The minimum Gasteiger partial charge on any atom is -0.456 e. The fraction of sp³-hybridized carbons (Fsp3) is 0.0192. The van der Waals surface area contributed by atoms with E-state index in [9.17, 15) is 0 Å². The monoisotopic (exact) mass is 700 g/mol. The van der Waals surface area contributed by atoms with E-state index in [4.69, 9.17) is 14.4 Å². The summed E-state index contributed by atoms with van der Waals surface area (Å²) < 4.78 is 6.65. The second kappa shape index (κ2) is 12.7. The molecule has 0 saturated carbocycles. The quantitative estimate of drug-likeness (QED) is 0.133. The number of nitrogens with zero attached hydrogens (tertiary/aromatic N) is 2. The Morgan fingerprint density at radius 1 is 0.418 bits per heavy atom. The summed E-state index contributed by atoms with van der Waals surface area (Å²) in [7, 11) is 0. The molecule has 0 atom stereocenters. The van der Waals surface area contributed by atoms with Crippen molar-refractivity contribution in [3.63, 3.8) is 0 Å². The molecule has 55 heavy (non-hydrogen) atoms. The summed E-state index contributed by atoms with van der Waals surface area (Å²) in [5.74, 6) is 0.647. The molecule has 0 radical (unpaired) electrons. The molecule has 3 nitrogen and oxygen atoms in total. The lowest BCUT2D eigenvalue weighted by Crippen LogP contribution is -2.08. The first kappa shape index (κ1) is 31.2. The van der Waals surface area contributed by atoms with Crippen molar-refractivity contribution in [1.82, 2.24) is 0 Å². The Morgan fingerprint density at radius 2 is 1.07 bits per heavy atom. The maximum atomic E-state index is 6.65. The Kier molecular flexibility index (Phi) is 7.19. The Morgan fingerprint density at radius 3 is 1.87 bits per heavy atom. The van der Waals surface area contributed by atoms with Gasteiger partial charge >= 0.3 is 0 Å². The van der Waals surface area contributed by atoms with Gasteiger partial charge in [0.05, 0.1) is 5.71 Å². The summed E-state index contributed by atoms with van der Waals surface area (Å²) in [5.41, 5.74) is 12.1. The molecule has 3 heteroatoms. The first-order chi connectivity index (χ1) is 27.2.